The number of benzene rings is 1. The molecule has 1 saturated carbocycles. The van der Waals surface area contributed by atoms with Gasteiger partial charge in [-0.1, -0.05) is 19.3 Å². The molecule has 7 heteroatoms. The highest BCUT2D eigenvalue weighted by Crippen LogP contribution is 2.18. The molecular formula is C18H23F2N3O2. The smallest absolute Gasteiger partial charge is 0.317 e. The van der Waals surface area contributed by atoms with Crippen molar-refractivity contribution in [1.82, 2.24) is 15.1 Å². The number of rotatable bonds is 2. The molecule has 0 aromatic heterocycles. The maximum Gasteiger partial charge on any atom is 0.317 e. The van der Waals surface area contributed by atoms with Crippen LogP contribution in [0.5, 0.6) is 0 Å². The summed E-state index contributed by atoms with van der Waals surface area (Å²) in [6.07, 6.45) is 5.58. The van der Waals surface area contributed by atoms with Gasteiger partial charge in [-0.25, -0.2) is 13.6 Å². The van der Waals surface area contributed by atoms with Crippen molar-refractivity contribution in [3.8, 4) is 0 Å². The minimum atomic E-state index is -0.770. The van der Waals surface area contributed by atoms with Crippen molar-refractivity contribution >= 4 is 11.9 Å². The Balaban J connectivity index is 1.52. The van der Waals surface area contributed by atoms with Crippen LogP contribution in [0.1, 0.15) is 42.5 Å². The molecule has 2 fully saturated rings. The topological polar surface area (TPSA) is 52.7 Å². The molecule has 5 nitrogen and oxygen atoms in total. The van der Waals surface area contributed by atoms with Crippen molar-refractivity contribution in [3.63, 3.8) is 0 Å². The standard InChI is InChI=1S/C18H23F2N3O2/c19-14-10-13(11-15(20)12-14)17(24)22-6-8-23(9-7-22)18(25)21-16-4-2-1-3-5-16/h10-12,16H,1-9H2,(H,21,25). The summed E-state index contributed by atoms with van der Waals surface area (Å²) >= 11 is 0. The summed E-state index contributed by atoms with van der Waals surface area (Å²) < 4.78 is 26.5. The summed E-state index contributed by atoms with van der Waals surface area (Å²) in [5.74, 6) is -1.95. The predicted molar refractivity (Wildman–Crippen MR) is 89.2 cm³/mol. The molecule has 1 aliphatic heterocycles. The second-order valence-electron chi connectivity index (χ2n) is 6.72. The maximum absolute atomic E-state index is 13.3. The molecule has 1 aliphatic carbocycles. The van der Waals surface area contributed by atoms with Crippen LogP contribution in [0.15, 0.2) is 18.2 Å². The van der Waals surface area contributed by atoms with E-state index in [-0.39, 0.29) is 17.6 Å². The average Bonchev–Trinajstić information content (AvgIpc) is 2.61. The normalized spacial score (nSPS) is 19.0. The van der Waals surface area contributed by atoms with E-state index in [2.05, 4.69) is 5.32 Å². The molecule has 136 valence electrons. The minimum Gasteiger partial charge on any atom is -0.335 e. The molecule has 2 aliphatic rings. The molecule has 1 aromatic carbocycles. The number of urea groups is 1. The third-order valence-electron chi connectivity index (χ3n) is 4.90. The number of hydrogen-bond donors (Lipinski definition) is 1. The Labute approximate surface area is 146 Å². The van der Waals surface area contributed by atoms with E-state index in [1.165, 1.54) is 11.3 Å². The average molecular weight is 351 g/mol. The van der Waals surface area contributed by atoms with Gasteiger partial charge in [0.2, 0.25) is 0 Å². The summed E-state index contributed by atoms with van der Waals surface area (Å²) in [6.45, 7) is 1.55. The number of nitrogens with one attached hydrogen (secondary N) is 1. The van der Waals surface area contributed by atoms with Crippen LogP contribution >= 0.6 is 0 Å². The van der Waals surface area contributed by atoms with Gasteiger partial charge in [0.15, 0.2) is 0 Å². The van der Waals surface area contributed by atoms with E-state index in [0.717, 1.165) is 43.9 Å². The number of carbonyl (C=O) groups is 2. The van der Waals surface area contributed by atoms with E-state index in [1.54, 1.807) is 4.90 Å². The third-order valence-corrected chi connectivity index (χ3v) is 4.90. The van der Waals surface area contributed by atoms with Gasteiger partial charge in [-0.2, -0.15) is 0 Å². The summed E-state index contributed by atoms with van der Waals surface area (Å²) in [5.41, 5.74) is -0.00222. The molecule has 1 heterocycles. The van der Waals surface area contributed by atoms with Crippen molar-refractivity contribution < 1.29 is 18.4 Å². The Morgan fingerprint density at radius 2 is 1.44 bits per heavy atom. The fourth-order valence-corrected chi connectivity index (χ4v) is 3.49. The predicted octanol–water partition coefficient (Wildman–Crippen LogP) is 2.76. The van der Waals surface area contributed by atoms with Gasteiger partial charge in [0, 0.05) is 43.9 Å². The largest absolute Gasteiger partial charge is 0.335 e. The number of carbonyl (C=O) groups excluding carboxylic acids is 2. The lowest BCUT2D eigenvalue weighted by Gasteiger charge is -2.36. The highest BCUT2D eigenvalue weighted by Gasteiger charge is 2.26. The molecule has 1 N–H and O–H groups in total. The molecule has 0 unspecified atom stereocenters. The molecule has 1 aromatic rings. The number of nitrogens with zero attached hydrogens (tertiary/aromatic N) is 2. The van der Waals surface area contributed by atoms with Gasteiger partial charge in [0.25, 0.3) is 5.91 Å². The van der Waals surface area contributed by atoms with E-state index >= 15 is 0 Å². The number of hydrogen-bond acceptors (Lipinski definition) is 2. The Bertz CT molecular complexity index is 619. The van der Waals surface area contributed by atoms with E-state index in [4.69, 9.17) is 0 Å². The monoisotopic (exact) mass is 351 g/mol. The van der Waals surface area contributed by atoms with Gasteiger partial charge in [-0.15, -0.1) is 0 Å². The van der Waals surface area contributed by atoms with Gasteiger partial charge >= 0.3 is 6.03 Å². The molecule has 1 saturated heterocycles. The van der Waals surface area contributed by atoms with Crippen molar-refractivity contribution in [1.29, 1.82) is 0 Å². The summed E-state index contributed by atoms with van der Waals surface area (Å²) in [6, 6.07) is 2.97. The molecule has 0 bridgehead atoms. The van der Waals surface area contributed by atoms with Gasteiger partial charge in [-0.3, -0.25) is 4.79 Å². The second kappa shape index (κ2) is 7.80. The number of piperazine rings is 1. The molecule has 25 heavy (non-hydrogen) atoms. The van der Waals surface area contributed by atoms with Crippen LogP contribution in [0, 0.1) is 11.6 Å². The van der Waals surface area contributed by atoms with Crippen LogP contribution in [-0.4, -0.2) is 54.0 Å². The van der Waals surface area contributed by atoms with Crippen LogP contribution in [0.2, 0.25) is 0 Å². The SMILES string of the molecule is O=C(NC1CCCCC1)N1CCN(C(=O)c2cc(F)cc(F)c2)CC1. The second-order valence-corrected chi connectivity index (χ2v) is 6.72. The van der Waals surface area contributed by atoms with Gasteiger partial charge in [0.05, 0.1) is 0 Å². The van der Waals surface area contributed by atoms with E-state index < -0.39 is 17.5 Å². The van der Waals surface area contributed by atoms with Crippen LogP contribution in [0.25, 0.3) is 0 Å². The van der Waals surface area contributed by atoms with E-state index in [9.17, 15) is 18.4 Å². The van der Waals surface area contributed by atoms with Crippen molar-refractivity contribution in [2.45, 2.75) is 38.1 Å². The minimum absolute atomic E-state index is 0.00222. The first-order valence-electron chi connectivity index (χ1n) is 8.84. The summed E-state index contributed by atoms with van der Waals surface area (Å²) in [5, 5.41) is 3.06. The van der Waals surface area contributed by atoms with E-state index in [0.29, 0.717) is 26.2 Å². The van der Waals surface area contributed by atoms with Crippen molar-refractivity contribution in [2.24, 2.45) is 0 Å². The highest BCUT2D eigenvalue weighted by atomic mass is 19.1. The zero-order valence-electron chi connectivity index (χ0n) is 14.1. The molecular weight excluding hydrogens is 328 g/mol. The van der Waals surface area contributed by atoms with Gasteiger partial charge in [-0.05, 0) is 25.0 Å². The maximum atomic E-state index is 13.3. The Kier molecular flexibility index (Phi) is 5.50. The first-order valence-corrected chi connectivity index (χ1v) is 8.84. The molecule has 0 atom stereocenters. The highest BCUT2D eigenvalue weighted by molar-refractivity contribution is 5.94. The Hall–Kier alpha value is -2.18. The lowest BCUT2D eigenvalue weighted by molar-refractivity contribution is 0.0661. The lowest BCUT2D eigenvalue weighted by atomic mass is 9.96. The Morgan fingerprint density at radius 3 is 2.04 bits per heavy atom. The number of halogens is 2. The molecule has 0 radical (unpaired) electrons. The van der Waals surface area contributed by atoms with Crippen molar-refractivity contribution in [3.05, 3.63) is 35.4 Å². The van der Waals surface area contributed by atoms with Crippen LogP contribution in [0.3, 0.4) is 0 Å². The zero-order chi connectivity index (χ0) is 17.8. The lowest BCUT2D eigenvalue weighted by Crippen LogP contribution is -2.54. The Morgan fingerprint density at radius 1 is 0.880 bits per heavy atom. The first kappa shape index (κ1) is 17.6. The quantitative estimate of drug-likeness (QED) is 0.891. The van der Waals surface area contributed by atoms with Crippen LogP contribution < -0.4 is 5.32 Å². The van der Waals surface area contributed by atoms with Crippen LogP contribution in [-0.2, 0) is 0 Å². The summed E-state index contributed by atoms with van der Waals surface area (Å²) in [4.78, 5) is 27.9. The fraction of sp³-hybridized carbons (Fsp3) is 0.556. The molecule has 0 spiro atoms. The molecule has 3 amide bonds. The van der Waals surface area contributed by atoms with Gasteiger partial charge < -0.3 is 15.1 Å². The molecule has 3 rings (SSSR count). The number of amides is 3. The fourth-order valence-electron chi connectivity index (χ4n) is 3.49. The van der Waals surface area contributed by atoms with Crippen molar-refractivity contribution in [2.75, 3.05) is 26.2 Å². The van der Waals surface area contributed by atoms with Crippen LogP contribution in [0.4, 0.5) is 13.6 Å². The van der Waals surface area contributed by atoms with Gasteiger partial charge in [0.1, 0.15) is 11.6 Å². The first-order chi connectivity index (χ1) is 12.0. The third kappa shape index (κ3) is 4.46. The summed E-state index contributed by atoms with van der Waals surface area (Å²) in [7, 11) is 0. The van der Waals surface area contributed by atoms with E-state index in [1.807, 2.05) is 0 Å². The zero-order valence-corrected chi connectivity index (χ0v) is 14.1.